The Kier molecular flexibility index (Phi) is 1.59. The number of hydrogen-bond donors (Lipinski definition) is 1. The Labute approximate surface area is 98.6 Å². The lowest BCUT2D eigenvalue weighted by Gasteiger charge is -2.05. The first kappa shape index (κ1) is 8.76. The normalized spacial score (nSPS) is 12.5. The average molecular weight is 218 g/mol. The summed E-state index contributed by atoms with van der Waals surface area (Å²) in [6.45, 7) is 0. The van der Waals surface area contributed by atoms with Gasteiger partial charge in [0.05, 0.1) is 11.2 Å². The monoisotopic (exact) mass is 218 g/mol. The van der Waals surface area contributed by atoms with Crippen molar-refractivity contribution in [1.29, 1.82) is 0 Å². The van der Waals surface area contributed by atoms with E-state index in [0.717, 1.165) is 11.2 Å². The Morgan fingerprint density at radius 2 is 1.71 bits per heavy atom. The zero-order chi connectivity index (χ0) is 11.2. The van der Waals surface area contributed by atoms with Gasteiger partial charge in [0.2, 0.25) is 0 Å². The molecule has 0 fully saturated rings. The molecule has 2 nitrogen and oxygen atoms in total. The van der Waals surface area contributed by atoms with E-state index in [4.69, 9.17) is 0 Å². The predicted octanol–water partition coefficient (Wildman–Crippen LogP) is 3.71. The second kappa shape index (κ2) is 3.08. The number of nitrogens with zero attached hydrogens (tertiary/aromatic N) is 1. The molecule has 0 atom stereocenters. The topological polar surface area (TPSA) is 28.7 Å². The van der Waals surface area contributed by atoms with Crippen molar-refractivity contribution in [3.05, 3.63) is 53.7 Å². The van der Waals surface area contributed by atoms with Crippen LogP contribution in [0.25, 0.3) is 34.2 Å². The van der Waals surface area contributed by atoms with Gasteiger partial charge in [-0.2, -0.15) is 5.10 Å². The fraction of sp³-hybridized carbons (Fsp3) is 0. The second-order valence-electron chi connectivity index (χ2n) is 4.26. The molecular weight excluding hydrogens is 208 g/mol. The number of aromatic amines is 1. The molecule has 80 valence electrons. The van der Waals surface area contributed by atoms with Gasteiger partial charge >= 0.3 is 0 Å². The zero-order valence-corrected chi connectivity index (χ0v) is 9.14. The van der Waals surface area contributed by atoms with Crippen molar-refractivity contribution < 1.29 is 0 Å². The fourth-order valence-corrected chi connectivity index (χ4v) is 2.50. The number of rotatable bonds is 0. The van der Waals surface area contributed by atoms with Crippen LogP contribution >= 0.6 is 0 Å². The van der Waals surface area contributed by atoms with Crippen LogP contribution in [0.1, 0.15) is 11.3 Å². The van der Waals surface area contributed by atoms with Crippen LogP contribution in [0.5, 0.6) is 0 Å². The maximum atomic E-state index is 4.36. The van der Waals surface area contributed by atoms with E-state index in [-0.39, 0.29) is 0 Å². The molecule has 0 saturated carbocycles. The molecule has 1 N–H and O–H groups in total. The number of benzene rings is 2. The minimum absolute atomic E-state index is 1.02. The number of aromatic nitrogens is 2. The Morgan fingerprint density at radius 3 is 2.71 bits per heavy atom. The van der Waals surface area contributed by atoms with E-state index in [1.807, 2.05) is 0 Å². The molecule has 0 amide bonds. The molecule has 0 aliphatic heterocycles. The first-order valence-corrected chi connectivity index (χ1v) is 5.68. The summed E-state index contributed by atoms with van der Waals surface area (Å²) in [7, 11) is 0. The predicted molar refractivity (Wildman–Crippen MR) is 70.5 cm³/mol. The third-order valence-corrected chi connectivity index (χ3v) is 3.29. The van der Waals surface area contributed by atoms with E-state index in [0.29, 0.717) is 0 Å². The summed E-state index contributed by atoms with van der Waals surface area (Å²) in [6, 6.07) is 14.7. The molecule has 0 unspecified atom stereocenters. The summed E-state index contributed by atoms with van der Waals surface area (Å²) in [6.07, 6.45) is 4.21. The minimum atomic E-state index is 1.02. The van der Waals surface area contributed by atoms with E-state index in [1.54, 1.807) is 0 Å². The van der Waals surface area contributed by atoms with E-state index in [1.165, 1.54) is 22.1 Å². The van der Waals surface area contributed by atoms with Gasteiger partial charge in [0.25, 0.3) is 0 Å². The lowest BCUT2D eigenvalue weighted by molar-refractivity contribution is 1.11. The van der Waals surface area contributed by atoms with Gasteiger partial charge in [-0.25, -0.2) is 0 Å². The van der Waals surface area contributed by atoms with Gasteiger partial charge < -0.3 is 0 Å². The summed E-state index contributed by atoms with van der Waals surface area (Å²) >= 11 is 0. The van der Waals surface area contributed by atoms with Crippen molar-refractivity contribution in [3.63, 3.8) is 0 Å². The van der Waals surface area contributed by atoms with Crippen LogP contribution in [0.4, 0.5) is 0 Å². The van der Waals surface area contributed by atoms with Crippen molar-refractivity contribution >= 4 is 23.1 Å². The molecule has 0 saturated heterocycles. The first-order chi connectivity index (χ1) is 8.43. The first-order valence-electron chi connectivity index (χ1n) is 5.68. The lowest BCUT2D eigenvalue weighted by atomic mass is 9.98. The molecule has 0 radical (unpaired) electrons. The molecule has 2 aromatic carbocycles. The van der Waals surface area contributed by atoms with Crippen molar-refractivity contribution in [2.45, 2.75) is 0 Å². The van der Waals surface area contributed by atoms with E-state index >= 15 is 0 Å². The molecular formula is C15H10N2. The molecule has 1 aliphatic carbocycles. The highest BCUT2D eigenvalue weighted by atomic mass is 15.1. The van der Waals surface area contributed by atoms with Crippen LogP contribution in [0.15, 0.2) is 42.5 Å². The lowest BCUT2D eigenvalue weighted by Crippen LogP contribution is -1.82. The van der Waals surface area contributed by atoms with Gasteiger partial charge in [0.15, 0.2) is 0 Å². The van der Waals surface area contributed by atoms with Crippen LogP contribution in [0.3, 0.4) is 0 Å². The molecule has 0 bridgehead atoms. The van der Waals surface area contributed by atoms with Gasteiger partial charge in [0, 0.05) is 5.39 Å². The van der Waals surface area contributed by atoms with E-state index in [9.17, 15) is 0 Å². The molecule has 0 spiro atoms. The third-order valence-electron chi connectivity index (χ3n) is 3.29. The number of nitrogens with one attached hydrogen (secondary N) is 1. The van der Waals surface area contributed by atoms with Crippen LogP contribution in [0, 0.1) is 0 Å². The molecule has 2 heteroatoms. The molecule has 4 rings (SSSR count). The standard InChI is InChI=1S/C15H10N2/c1-2-5-11-10(4-1)8-9-14-15-12(11)6-3-7-13(15)16-17-14/h1-9H,(H,16,17). The number of H-pyrrole nitrogens is 1. The summed E-state index contributed by atoms with van der Waals surface area (Å²) in [5, 5.41) is 8.65. The minimum Gasteiger partial charge on any atom is -0.277 e. The maximum absolute atomic E-state index is 4.36. The average Bonchev–Trinajstić information content (AvgIpc) is 2.72. The summed E-state index contributed by atoms with van der Waals surface area (Å²) in [5.74, 6) is 0. The summed E-state index contributed by atoms with van der Waals surface area (Å²) in [5.41, 5.74) is 5.89. The van der Waals surface area contributed by atoms with Crippen molar-refractivity contribution in [1.82, 2.24) is 10.2 Å². The molecule has 1 aliphatic rings. The Balaban J connectivity index is 2.24. The third kappa shape index (κ3) is 1.12. The molecule has 17 heavy (non-hydrogen) atoms. The van der Waals surface area contributed by atoms with Crippen molar-refractivity contribution in [3.8, 4) is 11.1 Å². The van der Waals surface area contributed by atoms with Crippen LogP contribution < -0.4 is 0 Å². The summed E-state index contributed by atoms with van der Waals surface area (Å²) in [4.78, 5) is 0. The van der Waals surface area contributed by atoms with E-state index in [2.05, 4.69) is 64.8 Å². The van der Waals surface area contributed by atoms with Crippen molar-refractivity contribution in [2.24, 2.45) is 0 Å². The van der Waals surface area contributed by atoms with Gasteiger partial charge in [0.1, 0.15) is 0 Å². The number of hydrogen-bond acceptors (Lipinski definition) is 1. The highest BCUT2D eigenvalue weighted by molar-refractivity contribution is 6.04. The van der Waals surface area contributed by atoms with Crippen LogP contribution in [0.2, 0.25) is 0 Å². The second-order valence-corrected chi connectivity index (χ2v) is 4.26. The molecule has 1 aromatic heterocycles. The van der Waals surface area contributed by atoms with Crippen LogP contribution in [-0.4, -0.2) is 10.2 Å². The molecule has 3 aromatic rings. The summed E-state index contributed by atoms with van der Waals surface area (Å²) < 4.78 is 0. The zero-order valence-electron chi connectivity index (χ0n) is 9.14. The van der Waals surface area contributed by atoms with Gasteiger partial charge in [-0.1, -0.05) is 42.5 Å². The Morgan fingerprint density at radius 1 is 0.824 bits per heavy atom. The highest BCUT2D eigenvalue weighted by Crippen LogP contribution is 2.35. The highest BCUT2D eigenvalue weighted by Gasteiger charge is 2.14. The quantitative estimate of drug-likeness (QED) is 0.479. The van der Waals surface area contributed by atoms with Gasteiger partial charge in [-0.05, 0) is 28.8 Å². The largest absolute Gasteiger partial charge is 0.277 e. The smallest absolute Gasteiger partial charge is 0.0933 e. The SMILES string of the molecule is C1=Cc2n[nH]c3cccc(c23)-c2ccccc21. The molecule has 1 heterocycles. The number of fused-ring (bicyclic) bond motifs is 2. The fourth-order valence-electron chi connectivity index (χ4n) is 2.50. The Hall–Kier alpha value is -2.35. The maximum Gasteiger partial charge on any atom is 0.0933 e. The van der Waals surface area contributed by atoms with Gasteiger partial charge in [-0.15, -0.1) is 0 Å². The van der Waals surface area contributed by atoms with Crippen LogP contribution in [-0.2, 0) is 0 Å². The van der Waals surface area contributed by atoms with Gasteiger partial charge in [-0.3, -0.25) is 5.10 Å². The Bertz CT molecular complexity index is 750. The van der Waals surface area contributed by atoms with Crippen molar-refractivity contribution in [2.75, 3.05) is 0 Å². The van der Waals surface area contributed by atoms with E-state index < -0.39 is 0 Å².